The van der Waals surface area contributed by atoms with Crippen molar-refractivity contribution >= 4 is 5.97 Å². The molecule has 0 aromatic heterocycles. The summed E-state index contributed by atoms with van der Waals surface area (Å²) in [5.41, 5.74) is -0.553. The average molecular weight is 227 g/mol. The first-order valence-electron chi connectivity index (χ1n) is 6.66. The molecule has 0 aliphatic heterocycles. The van der Waals surface area contributed by atoms with Crippen LogP contribution >= 0.6 is 0 Å². The quantitative estimate of drug-likeness (QED) is 0.758. The molecule has 16 heavy (non-hydrogen) atoms. The summed E-state index contributed by atoms with van der Waals surface area (Å²) >= 11 is 0. The Morgan fingerprint density at radius 1 is 1.25 bits per heavy atom. The Morgan fingerprint density at radius 2 is 1.88 bits per heavy atom. The Balaban J connectivity index is 2.76. The third-order valence-corrected chi connectivity index (χ3v) is 3.85. The second-order valence-corrected chi connectivity index (χ2v) is 4.83. The van der Waals surface area contributed by atoms with Crippen molar-refractivity contribution in [3.8, 4) is 0 Å². The van der Waals surface area contributed by atoms with E-state index in [0.29, 0.717) is 0 Å². The first-order valence-corrected chi connectivity index (χ1v) is 6.66. The van der Waals surface area contributed by atoms with E-state index in [1.807, 2.05) is 0 Å². The van der Waals surface area contributed by atoms with Crippen LogP contribution in [0.2, 0.25) is 0 Å². The number of carboxylic acids is 1. The van der Waals surface area contributed by atoms with E-state index in [1.54, 1.807) is 0 Å². The summed E-state index contributed by atoms with van der Waals surface area (Å²) in [6, 6.07) is 0. The summed E-state index contributed by atoms with van der Waals surface area (Å²) in [7, 11) is 0. The predicted octanol–water partition coefficient (Wildman–Crippen LogP) is 2.90. The predicted molar refractivity (Wildman–Crippen MR) is 65.6 cm³/mol. The highest BCUT2D eigenvalue weighted by molar-refractivity contribution is 5.79. The van der Waals surface area contributed by atoms with Gasteiger partial charge in [-0.25, -0.2) is 0 Å². The summed E-state index contributed by atoms with van der Waals surface area (Å²) in [4.78, 5) is 13.8. The first kappa shape index (κ1) is 13.5. The van der Waals surface area contributed by atoms with Crippen molar-refractivity contribution < 1.29 is 9.90 Å². The van der Waals surface area contributed by atoms with Gasteiger partial charge in [0.15, 0.2) is 0 Å². The first-order chi connectivity index (χ1) is 7.67. The topological polar surface area (TPSA) is 40.5 Å². The SMILES string of the molecule is CCCCN(CC)C1(C(=O)O)CCCCC1. The summed E-state index contributed by atoms with van der Waals surface area (Å²) in [6.07, 6.45) is 7.22. The summed E-state index contributed by atoms with van der Waals surface area (Å²) in [5.74, 6) is -0.606. The van der Waals surface area contributed by atoms with Crippen LogP contribution in [0.5, 0.6) is 0 Å². The largest absolute Gasteiger partial charge is 0.480 e. The minimum atomic E-state index is -0.606. The van der Waals surface area contributed by atoms with Crippen LogP contribution in [-0.2, 0) is 4.79 Å². The van der Waals surface area contributed by atoms with Gasteiger partial charge in [0.1, 0.15) is 5.54 Å². The molecule has 1 aliphatic rings. The molecule has 0 bridgehead atoms. The van der Waals surface area contributed by atoms with E-state index in [1.165, 1.54) is 6.42 Å². The molecule has 3 nitrogen and oxygen atoms in total. The molecular weight excluding hydrogens is 202 g/mol. The number of hydrogen-bond acceptors (Lipinski definition) is 2. The van der Waals surface area contributed by atoms with Gasteiger partial charge in [0.05, 0.1) is 0 Å². The Hall–Kier alpha value is -0.570. The van der Waals surface area contributed by atoms with Crippen molar-refractivity contribution in [1.29, 1.82) is 0 Å². The van der Waals surface area contributed by atoms with Gasteiger partial charge in [0.25, 0.3) is 0 Å². The number of rotatable bonds is 6. The molecule has 0 heterocycles. The molecule has 1 N–H and O–H groups in total. The van der Waals surface area contributed by atoms with E-state index in [-0.39, 0.29) is 0 Å². The minimum Gasteiger partial charge on any atom is -0.480 e. The maximum absolute atomic E-state index is 11.6. The summed E-state index contributed by atoms with van der Waals surface area (Å²) in [5, 5.41) is 9.55. The molecule has 1 saturated carbocycles. The van der Waals surface area contributed by atoms with Crippen molar-refractivity contribution in [1.82, 2.24) is 4.90 Å². The molecular formula is C13H25NO2. The van der Waals surface area contributed by atoms with Crippen LogP contribution in [0.25, 0.3) is 0 Å². The number of nitrogens with zero attached hydrogens (tertiary/aromatic N) is 1. The van der Waals surface area contributed by atoms with E-state index in [9.17, 15) is 9.90 Å². The van der Waals surface area contributed by atoms with Crippen LogP contribution < -0.4 is 0 Å². The van der Waals surface area contributed by atoms with E-state index in [2.05, 4.69) is 18.7 Å². The van der Waals surface area contributed by atoms with E-state index >= 15 is 0 Å². The van der Waals surface area contributed by atoms with Crippen molar-refractivity contribution in [2.45, 2.75) is 64.3 Å². The van der Waals surface area contributed by atoms with Gasteiger partial charge < -0.3 is 5.11 Å². The Bertz CT molecular complexity index is 222. The highest BCUT2D eigenvalue weighted by Crippen LogP contribution is 2.34. The molecule has 94 valence electrons. The van der Waals surface area contributed by atoms with Crippen LogP contribution in [0.1, 0.15) is 58.8 Å². The number of unbranched alkanes of at least 4 members (excludes halogenated alkanes) is 1. The van der Waals surface area contributed by atoms with E-state index in [4.69, 9.17) is 0 Å². The molecule has 1 rings (SSSR count). The van der Waals surface area contributed by atoms with E-state index < -0.39 is 11.5 Å². The normalized spacial score (nSPS) is 19.9. The van der Waals surface area contributed by atoms with Gasteiger partial charge in [-0.05, 0) is 32.4 Å². The highest BCUT2D eigenvalue weighted by Gasteiger charge is 2.43. The fourth-order valence-corrected chi connectivity index (χ4v) is 2.83. The van der Waals surface area contributed by atoms with Gasteiger partial charge in [-0.2, -0.15) is 0 Å². The van der Waals surface area contributed by atoms with Crippen LogP contribution in [0.15, 0.2) is 0 Å². The highest BCUT2D eigenvalue weighted by atomic mass is 16.4. The van der Waals surface area contributed by atoms with Crippen molar-refractivity contribution in [2.24, 2.45) is 0 Å². The molecule has 1 aliphatic carbocycles. The smallest absolute Gasteiger partial charge is 0.324 e. The number of carbonyl (C=O) groups is 1. The fourth-order valence-electron chi connectivity index (χ4n) is 2.83. The molecule has 0 aromatic carbocycles. The zero-order chi connectivity index (χ0) is 12.0. The van der Waals surface area contributed by atoms with E-state index in [0.717, 1.165) is 51.6 Å². The maximum atomic E-state index is 11.6. The molecule has 3 heteroatoms. The fraction of sp³-hybridized carbons (Fsp3) is 0.923. The lowest BCUT2D eigenvalue weighted by Gasteiger charge is -2.42. The van der Waals surface area contributed by atoms with Crippen LogP contribution in [0.3, 0.4) is 0 Å². The standard InChI is InChI=1S/C13H25NO2/c1-3-5-11-14(4-2)13(12(15)16)9-7-6-8-10-13/h3-11H2,1-2H3,(H,15,16). The van der Waals surface area contributed by atoms with Gasteiger partial charge >= 0.3 is 5.97 Å². The third-order valence-electron chi connectivity index (χ3n) is 3.85. The Morgan fingerprint density at radius 3 is 2.31 bits per heavy atom. The zero-order valence-corrected chi connectivity index (χ0v) is 10.7. The Labute approximate surface area is 98.8 Å². The minimum absolute atomic E-state index is 0.553. The van der Waals surface area contributed by atoms with Crippen LogP contribution in [0, 0.1) is 0 Å². The molecule has 0 aromatic rings. The molecule has 0 radical (unpaired) electrons. The third kappa shape index (κ3) is 2.76. The number of hydrogen-bond donors (Lipinski definition) is 1. The monoisotopic (exact) mass is 227 g/mol. The lowest BCUT2D eigenvalue weighted by atomic mass is 9.80. The van der Waals surface area contributed by atoms with Crippen LogP contribution in [0.4, 0.5) is 0 Å². The average Bonchev–Trinajstić information content (AvgIpc) is 2.31. The van der Waals surface area contributed by atoms with Crippen molar-refractivity contribution in [3.63, 3.8) is 0 Å². The number of carboxylic acid groups (broad SMARTS) is 1. The lowest BCUT2D eigenvalue weighted by Crippen LogP contribution is -2.56. The van der Waals surface area contributed by atoms with Gasteiger partial charge in [-0.1, -0.05) is 39.5 Å². The number of likely N-dealkylation sites (N-methyl/N-ethyl adjacent to an activating group) is 1. The molecule has 0 saturated heterocycles. The van der Waals surface area contributed by atoms with Crippen molar-refractivity contribution in [3.05, 3.63) is 0 Å². The summed E-state index contributed by atoms with van der Waals surface area (Å²) in [6.45, 7) is 6.02. The second kappa shape index (κ2) is 6.24. The number of aliphatic carboxylic acids is 1. The molecule has 0 unspecified atom stereocenters. The van der Waals surface area contributed by atoms with Gasteiger partial charge in [0.2, 0.25) is 0 Å². The van der Waals surface area contributed by atoms with Gasteiger partial charge in [-0.3, -0.25) is 9.69 Å². The second-order valence-electron chi connectivity index (χ2n) is 4.83. The maximum Gasteiger partial charge on any atom is 0.324 e. The van der Waals surface area contributed by atoms with Crippen LogP contribution in [-0.4, -0.2) is 34.6 Å². The lowest BCUT2D eigenvalue weighted by molar-refractivity contribution is -0.154. The zero-order valence-electron chi connectivity index (χ0n) is 10.7. The van der Waals surface area contributed by atoms with Crippen molar-refractivity contribution in [2.75, 3.05) is 13.1 Å². The molecule has 1 fully saturated rings. The summed E-state index contributed by atoms with van der Waals surface area (Å²) < 4.78 is 0. The molecule has 0 amide bonds. The molecule has 0 atom stereocenters. The van der Waals surface area contributed by atoms with Gasteiger partial charge in [0, 0.05) is 0 Å². The molecule has 0 spiro atoms. The Kier molecular flexibility index (Phi) is 5.26. The van der Waals surface area contributed by atoms with Gasteiger partial charge in [-0.15, -0.1) is 0 Å².